The van der Waals surface area contributed by atoms with E-state index in [1.165, 1.54) is 44.6 Å². The summed E-state index contributed by atoms with van der Waals surface area (Å²) in [7, 11) is 0. The van der Waals surface area contributed by atoms with Crippen LogP contribution in [-0.2, 0) is 9.53 Å². The fourth-order valence-corrected chi connectivity index (χ4v) is 7.74. The number of carbonyl (C=O) groups excluding carboxylic acids is 1. The maximum Gasteiger partial charge on any atom is 0.302 e. The fraction of sp³-hybridized carbons (Fsp3) is 0.826. The monoisotopic (exact) mass is 373 g/mol. The van der Waals surface area contributed by atoms with Crippen molar-refractivity contribution in [3.8, 4) is 0 Å². The molecule has 3 fully saturated rings. The minimum Gasteiger partial charge on any atom is -0.463 e. The van der Waals surface area contributed by atoms with Gasteiger partial charge in [-0.2, -0.15) is 0 Å². The molecule has 4 aliphatic carbocycles. The molecule has 0 radical (unpaired) electrons. The van der Waals surface area contributed by atoms with Gasteiger partial charge in [0.25, 0.3) is 0 Å². The Balaban J connectivity index is 1.54. The van der Waals surface area contributed by atoms with Crippen molar-refractivity contribution in [2.45, 2.75) is 85.2 Å². The second-order valence-electron chi connectivity index (χ2n) is 10.2. The first-order chi connectivity index (χ1) is 12.8. The topological polar surface area (TPSA) is 58.9 Å². The number of hydrogen-bond acceptors (Lipinski definition) is 4. The van der Waals surface area contributed by atoms with Crippen LogP contribution in [0.1, 0.15) is 79.1 Å². The van der Waals surface area contributed by atoms with E-state index in [-0.39, 0.29) is 17.5 Å². The summed E-state index contributed by atoms with van der Waals surface area (Å²) in [4.78, 5) is 11.4. The summed E-state index contributed by atoms with van der Waals surface area (Å²) in [6.07, 6.45) is 11.9. The molecule has 0 aromatic rings. The van der Waals surface area contributed by atoms with Gasteiger partial charge < -0.3 is 9.94 Å². The number of rotatable bonds is 2. The third kappa shape index (κ3) is 2.86. The molecule has 7 atom stereocenters. The van der Waals surface area contributed by atoms with Gasteiger partial charge in [-0.25, -0.2) is 0 Å². The van der Waals surface area contributed by atoms with E-state index in [0.29, 0.717) is 17.3 Å². The predicted molar refractivity (Wildman–Crippen MR) is 106 cm³/mol. The lowest BCUT2D eigenvalue weighted by molar-refractivity contribution is -0.158. The Morgan fingerprint density at radius 2 is 1.93 bits per heavy atom. The number of allylic oxidation sites excluding steroid dienone is 2. The Kier molecular flexibility index (Phi) is 4.67. The number of carbonyl (C=O) groups is 1. The molecular formula is C23H35NO3. The number of hydrogen-bond donors (Lipinski definition) is 1. The lowest BCUT2D eigenvalue weighted by Gasteiger charge is -2.60. The summed E-state index contributed by atoms with van der Waals surface area (Å²) in [6.45, 7) is 8.42. The molecule has 150 valence electrons. The van der Waals surface area contributed by atoms with Gasteiger partial charge in [-0.05, 0) is 98.4 Å². The zero-order chi connectivity index (χ0) is 19.4. The zero-order valence-electron chi connectivity index (χ0n) is 17.3. The summed E-state index contributed by atoms with van der Waals surface area (Å²) < 4.78 is 5.58. The smallest absolute Gasteiger partial charge is 0.302 e. The number of esters is 1. The molecule has 0 aliphatic heterocycles. The molecule has 4 nitrogen and oxygen atoms in total. The molecule has 0 aromatic carbocycles. The standard InChI is InChI=1S/C23H35NO3/c1-14(24-26)19-7-8-20-18-6-5-16-13-17(27-15(2)25)9-11-22(16,3)21(18)10-12-23(19,20)4/h7,16-18,20-21,26H,5-6,8-13H2,1-4H3/t16-,17-,18+,20-,21+,22-,23+/m0/s1. The minimum atomic E-state index is -0.129. The van der Waals surface area contributed by atoms with E-state index in [0.717, 1.165) is 36.8 Å². The highest BCUT2D eigenvalue weighted by Crippen LogP contribution is 2.66. The van der Waals surface area contributed by atoms with Crippen LogP contribution in [0.15, 0.2) is 16.8 Å². The van der Waals surface area contributed by atoms with Gasteiger partial charge in [-0.15, -0.1) is 0 Å². The summed E-state index contributed by atoms with van der Waals surface area (Å²) >= 11 is 0. The molecule has 0 amide bonds. The van der Waals surface area contributed by atoms with Gasteiger partial charge in [-0.3, -0.25) is 4.79 Å². The van der Waals surface area contributed by atoms with Crippen LogP contribution < -0.4 is 0 Å². The highest BCUT2D eigenvalue weighted by Gasteiger charge is 2.59. The Morgan fingerprint density at radius 1 is 1.15 bits per heavy atom. The van der Waals surface area contributed by atoms with E-state index in [4.69, 9.17) is 4.74 Å². The van der Waals surface area contributed by atoms with Gasteiger partial charge in [0.1, 0.15) is 6.10 Å². The van der Waals surface area contributed by atoms with Crippen LogP contribution in [-0.4, -0.2) is 23.0 Å². The fourth-order valence-electron chi connectivity index (χ4n) is 7.74. The van der Waals surface area contributed by atoms with Crippen molar-refractivity contribution < 1.29 is 14.7 Å². The molecule has 4 heteroatoms. The molecule has 4 rings (SSSR count). The molecule has 0 saturated heterocycles. The van der Waals surface area contributed by atoms with Crippen molar-refractivity contribution in [3.63, 3.8) is 0 Å². The number of ether oxygens (including phenoxy) is 1. The normalized spacial score (nSPS) is 46.7. The van der Waals surface area contributed by atoms with E-state index < -0.39 is 0 Å². The molecule has 0 unspecified atom stereocenters. The quantitative estimate of drug-likeness (QED) is 0.307. The van der Waals surface area contributed by atoms with Crippen molar-refractivity contribution in [2.24, 2.45) is 39.7 Å². The van der Waals surface area contributed by atoms with Crippen molar-refractivity contribution in [1.82, 2.24) is 0 Å². The third-order valence-electron chi connectivity index (χ3n) is 9.07. The summed E-state index contributed by atoms with van der Waals surface area (Å²) in [5.74, 6) is 2.81. The first kappa shape index (κ1) is 19.0. The number of oxime groups is 1. The summed E-state index contributed by atoms with van der Waals surface area (Å²) in [6, 6.07) is 0. The average molecular weight is 374 g/mol. The van der Waals surface area contributed by atoms with Crippen molar-refractivity contribution in [3.05, 3.63) is 11.6 Å². The molecule has 27 heavy (non-hydrogen) atoms. The van der Waals surface area contributed by atoms with Crippen LogP contribution >= 0.6 is 0 Å². The van der Waals surface area contributed by atoms with Crippen LogP contribution in [0.4, 0.5) is 0 Å². The van der Waals surface area contributed by atoms with E-state index in [1.54, 1.807) is 0 Å². The summed E-state index contributed by atoms with van der Waals surface area (Å²) in [5, 5.41) is 12.9. The highest BCUT2D eigenvalue weighted by molar-refractivity contribution is 5.99. The minimum absolute atomic E-state index is 0.129. The SMILES string of the molecule is CC(=O)O[C@H]1CC[C@@]2(C)[C@@H](CC[C@H]3[C@H]2CC[C@]2(C)C(C(C)=NO)=CC[C@@H]32)C1. The molecule has 0 bridgehead atoms. The van der Waals surface area contributed by atoms with Crippen molar-refractivity contribution in [1.29, 1.82) is 0 Å². The molecule has 0 spiro atoms. The maximum absolute atomic E-state index is 11.4. The van der Waals surface area contributed by atoms with Gasteiger partial charge in [0.2, 0.25) is 0 Å². The maximum atomic E-state index is 11.4. The third-order valence-corrected chi connectivity index (χ3v) is 9.07. The molecule has 0 heterocycles. The van der Waals surface area contributed by atoms with E-state index in [1.807, 2.05) is 6.92 Å². The first-order valence-electron chi connectivity index (χ1n) is 10.9. The lowest BCUT2D eigenvalue weighted by Crippen LogP contribution is -2.54. The van der Waals surface area contributed by atoms with Crippen LogP contribution in [0.5, 0.6) is 0 Å². The Labute approximate surface area is 163 Å². The van der Waals surface area contributed by atoms with Crippen LogP contribution in [0.2, 0.25) is 0 Å². The lowest BCUT2D eigenvalue weighted by atomic mass is 9.44. The molecule has 4 aliphatic rings. The van der Waals surface area contributed by atoms with Crippen LogP contribution in [0.25, 0.3) is 0 Å². The molecule has 3 saturated carbocycles. The second kappa shape index (κ2) is 6.63. The molecule has 0 aromatic heterocycles. The van der Waals surface area contributed by atoms with E-state index in [2.05, 4.69) is 25.1 Å². The Hall–Kier alpha value is -1.32. The zero-order valence-corrected chi connectivity index (χ0v) is 17.3. The summed E-state index contributed by atoms with van der Waals surface area (Å²) in [5.41, 5.74) is 2.67. The van der Waals surface area contributed by atoms with Gasteiger partial charge in [-0.1, -0.05) is 25.1 Å². The van der Waals surface area contributed by atoms with Crippen LogP contribution in [0, 0.1) is 34.5 Å². The second-order valence-corrected chi connectivity index (χ2v) is 10.2. The first-order valence-corrected chi connectivity index (χ1v) is 10.9. The van der Waals surface area contributed by atoms with Crippen molar-refractivity contribution >= 4 is 11.7 Å². The number of fused-ring (bicyclic) bond motifs is 5. The van der Waals surface area contributed by atoms with Crippen molar-refractivity contribution in [2.75, 3.05) is 0 Å². The predicted octanol–water partition coefficient (Wildman–Crippen LogP) is 5.35. The van der Waals surface area contributed by atoms with Gasteiger partial charge in [0, 0.05) is 6.92 Å². The van der Waals surface area contributed by atoms with E-state index in [9.17, 15) is 10.0 Å². The Morgan fingerprint density at radius 3 is 2.63 bits per heavy atom. The average Bonchev–Trinajstić information content (AvgIpc) is 2.98. The highest BCUT2D eigenvalue weighted by atomic mass is 16.5. The van der Waals surface area contributed by atoms with Gasteiger partial charge in [0.05, 0.1) is 5.71 Å². The van der Waals surface area contributed by atoms with Gasteiger partial charge in [0.15, 0.2) is 0 Å². The van der Waals surface area contributed by atoms with E-state index >= 15 is 0 Å². The van der Waals surface area contributed by atoms with Gasteiger partial charge >= 0.3 is 5.97 Å². The molecular weight excluding hydrogens is 338 g/mol. The number of nitrogens with zero attached hydrogens (tertiary/aromatic N) is 1. The van der Waals surface area contributed by atoms with Crippen LogP contribution in [0.3, 0.4) is 0 Å². The molecule has 1 N–H and O–H groups in total. The Bertz CT molecular complexity index is 683. The largest absolute Gasteiger partial charge is 0.463 e.